The predicted octanol–water partition coefficient (Wildman–Crippen LogP) is 4.27. The molecule has 1 heterocycles. The van der Waals surface area contributed by atoms with Crippen molar-refractivity contribution in [2.45, 2.75) is 13.8 Å². The lowest BCUT2D eigenvalue weighted by Gasteiger charge is -2.12. The van der Waals surface area contributed by atoms with Gasteiger partial charge in [0.1, 0.15) is 5.75 Å². The molecule has 3 rings (SSSR count). The number of amides is 2. The third-order valence-corrected chi connectivity index (χ3v) is 4.63. The van der Waals surface area contributed by atoms with Crippen molar-refractivity contribution < 1.29 is 14.3 Å². The summed E-state index contributed by atoms with van der Waals surface area (Å²) in [5.74, 6) is 0.0282. The standard InChI is InChI=1S/C21H20BrN3O3/c1-14-3-4-15(2)25(14)24-21(27)16-5-11-19(12-6-16)28-13-20(26)23-18-9-7-17(22)8-10-18/h3-12H,13H2,1-2H3,(H,23,26)(H,24,27). The van der Waals surface area contributed by atoms with Crippen molar-refractivity contribution in [2.24, 2.45) is 0 Å². The van der Waals surface area contributed by atoms with E-state index in [1.165, 1.54) is 0 Å². The van der Waals surface area contributed by atoms with Crippen molar-refractivity contribution in [3.8, 4) is 5.75 Å². The van der Waals surface area contributed by atoms with E-state index in [1.54, 1.807) is 41.1 Å². The van der Waals surface area contributed by atoms with E-state index >= 15 is 0 Å². The van der Waals surface area contributed by atoms with E-state index in [0.29, 0.717) is 17.0 Å². The minimum atomic E-state index is -0.261. The van der Waals surface area contributed by atoms with Crippen molar-refractivity contribution in [3.63, 3.8) is 0 Å². The Morgan fingerprint density at radius 3 is 2.14 bits per heavy atom. The number of nitrogens with zero attached hydrogens (tertiary/aromatic N) is 1. The van der Waals surface area contributed by atoms with E-state index in [1.807, 2.05) is 38.1 Å². The van der Waals surface area contributed by atoms with Crippen molar-refractivity contribution in [3.05, 3.63) is 82.1 Å². The molecule has 0 aliphatic carbocycles. The summed E-state index contributed by atoms with van der Waals surface area (Å²) in [4.78, 5) is 24.4. The highest BCUT2D eigenvalue weighted by molar-refractivity contribution is 9.10. The van der Waals surface area contributed by atoms with E-state index in [-0.39, 0.29) is 18.4 Å². The lowest BCUT2D eigenvalue weighted by molar-refractivity contribution is -0.118. The number of aryl methyl sites for hydroxylation is 2. The van der Waals surface area contributed by atoms with E-state index in [0.717, 1.165) is 15.9 Å². The van der Waals surface area contributed by atoms with Crippen molar-refractivity contribution in [1.29, 1.82) is 0 Å². The fraction of sp³-hybridized carbons (Fsp3) is 0.143. The van der Waals surface area contributed by atoms with E-state index < -0.39 is 0 Å². The average Bonchev–Trinajstić information content (AvgIpc) is 3.00. The van der Waals surface area contributed by atoms with Gasteiger partial charge in [-0.05, 0) is 74.5 Å². The molecule has 2 amide bonds. The Morgan fingerprint density at radius 2 is 1.54 bits per heavy atom. The molecular weight excluding hydrogens is 422 g/mol. The molecule has 144 valence electrons. The number of carbonyl (C=O) groups excluding carboxylic acids is 2. The molecule has 0 atom stereocenters. The van der Waals surface area contributed by atoms with Gasteiger partial charge in [0.25, 0.3) is 11.8 Å². The summed E-state index contributed by atoms with van der Waals surface area (Å²) in [5, 5.41) is 2.75. The number of anilines is 1. The maximum Gasteiger partial charge on any atom is 0.270 e. The average molecular weight is 442 g/mol. The van der Waals surface area contributed by atoms with Crippen molar-refractivity contribution >= 4 is 33.4 Å². The number of nitrogens with one attached hydrogen (secondary N) is 2. The first kappa shape index (κ1) is 19.7. The van der Waals surface area contributed by atoms with Gasteiger partial charge < -0.3 is 10.1 Å². The molecule has 7 heteroatoms. The van der Waals surface area contributed by atoms with Crippen LogP contribution in [0.3, 0.4) is 0 Å². The SMILES string of the molecule is Cc1ccc(C)n1NC(=O)c1ccc(OCC(=O)Nc2ccc(Br)cc2)cc1. The molecule has 3 aromatic rings. The summed E-state index contributed by atoms with van der Waals surface area (Å²) in [6, 6.07) is 17.8. The maximum absolute atomic E-state index is 12.4. The topological polar surface area (TPSA) is 72.4 Å². The van der Waals surface area contributed by atoms with Crippen LogP contribution in [0.5, 0.6) is 5.75 Å². The Bertz CT molecular complexity index is 960. The second-order valence-electron chi connectivity index (χ2n) is 6.26. The monoisotopic (exact) mass is 441 g/mol. The minimum Gasteiger partial charge on any atom is -0.484 e. The molecular formula is C21H20BrN3O3. The van der Waals surface area contributed by atoms with Crippen LogP contribution in [0.1, 0.15) is 21.7 Å². The Balaban J connectivity index is 1.53. The molecule has 1 aromatic heterocycles. The third-order valence-electron chi connectivity index (χ3n) is 4.10. The third kappa shape index (κ3) is 5.01. The Hall–Kier alpha value is -3.06. The molecule has 6 nitrogen and oxygen atoms in total. The number of hydrogen-bond acceptors (Lipinski definition) is 3. The van der Waals surface area contributed by atoms with Crippen LogP contribution < -0.4 is 15.5 Å². The van der Waals surface area contributed by atoms with E-state index in [4.69, 9.17) is 4.74 Å². The molecule has 0 bridgehead atoms. The number of carbonyl (C=O) groups is 2. The van der Waals surface area contributed by atoms with Crippen molar-refractivity contribution in [1.82, 2.24) is 4.68 Å². The Kier molecular flexibility index (Phi) is 6.16. The molecule has 0 spiro atoms. The van der Waals surface area contributed by atoms with Gasteiger partial charge in [-0.3, -0.25) is 19.7 Å². The van der Waals surface area contributed by atoms with Crippen LogP contribution in [-0.4, -0.2) is 23.1 Å². The zero-order valence-corrected chi connectivity index (χ0v) is 17.1. The molecule has 0 unspecified atom stereocenters. The van der Waals surface area contributed by atoms with Crippen molar-refractivity contribution in [2.75, 3.05) is 17.3 Å². The van der Waals surface area contributed by atoms with Crippen LogP contribution in [0.25, 0.3) is 0 Å². The van der Waals surface area contributed by atoms with Gasteiger partial charge in [-0.1, -0.05) is 15.9 Å². The zero-order valence-electron chi connectivity index (χ0n) is 15.5. The predicted molar refractivity (Wildman–Crippen MR) is 112 cm³/mol. The first-order valence-electron chi connectivity index (χ1n) is 8.67. The smallest absolute Gasteiger partial charge is 0.270 e. The highest BCUT2D eigenvalue weighted by atomic mass is 79.9. The second kappa shape index (κ2) is 8.75. The highest BCUT2D eigenvalue weighted by Crippen LogP contribution is 2.15. The van der Waals surface area contributed by atoms with Crippen LogP contribution in [-0.2, 0) is 4.79 Å². The summed E-state index contributed by atoms with van der Waals surface area (Å²) in [6.45, 7) is 3.72. The van der Waals surface area contributed by atoms with Gasteiger partial charge in [-0.2, -0.15) is 0 Å². The van der Waals surface area contributed by atoms with Crippen LogP contribution in [0.2, 0.25) is 0 Å². The first-order valence-corrected chi connectivity index (χ1v) is 9.46. The molecule has 0 aliphatic heterocycles. The molecule has 0 fully saturated rings. The van der Waals surface area contributed by atoms with Crippen LogP contribution in [0.4, 0.5) is 5.69 Å². The summed E-state index contributed by atoms with van der Waals surface area (Å²) in [5.41, 5.74) is 5.93. The van der Waals surface area contributed by atoms with Gasteiger partial charge in [0.2, 0.25) is 0 Å². The van der Waals surface area contributed by atoms with Gasteiger partial charge in [0.05, 0.1) is 0 Å². The first-order chi connectivity index (χ1) is 13.4. The fourth-order valence-corrected chi connectivity index (χ4v) is 2.86. The number of aromatic nitrogens is 1. The number of rotatable bonds is 6. The zero-order chi connectivity index (χ0) is 20.1. The molecule has 28 heavy (non-hydrogen) atoms. The lowest BCUT2D eigenvalue weighted by Crippen LogP contribution is -2.24. The summed E-state index contributed by atoms with van der Waals surface area (Å²) in [6.07, 6.45) is 0. The summed E-state index contributed by atoms with van der Waals surface area (Å²) >= 11 is 3.34. The van der Waals surface area contributed by atoms with E-state index in [2.05, 4.69) is 26.7 Å². The number of ether oxygens (including phenoxy) is 1. The number of halogens is 1. The molecule has 2 N–H and O–H groups in total. The van der Waals surface area contributed by atoms with Gasteiger partial charge in [0.15, 0.2) is 6.61 Å². The molecule has 0 saturated heterocycles. The van der Waals surface area contributed by atoms with Crippen LogP contribution in [0, 0.1) is 13.8 Å². The van der Waals surface area contributed by atoms with Gasteiger partial charge in [0, 0.05) is 27.1 Å². The van der Waals surface area contributed by atoms with E-state index in [9.17, 15) is 9.59 Å². The largest absolute Gasteiger partial charge is 0.484 e. The molecule has 0 radical (unpaired) electrons. The van der Waals surface area contributed by atoms with Gasteiger partial charge in [-0.25, -0.2) is 0 Å². The molecule has 2 aromatic carbocycles. The second-order valence-corrected chi connectivity index (χ2v) is 7.18. The normalized spacial score (nSPS) is 10.4. The summed E-state index contributed by atoms with van der Waals surface area (Å²) < 4.78 is 8.16. The number of hydrogen-bond donors (Lipinski definition) is 2. The molecule has 0 saturated carbocycles. The van der Waals surface area contributed by atoms with Crippen LogP contribution >= 0.6 is 15.9 Å². The highest BCUT2D eigenvalue weighted by Gasteiger charge is 2.09. The lowest BCUT2D eigenvalue weighted by atomic mass is 10.2. The molecule has 0 aliphatic rings. The van der Waals surface area contributed by atoms with Gasteiger partial charge in [-0.15, -0.1) is 0 Å². The minimum absolute atomic E-state index is 0.122. The summed E-state index contributed by atoms with van der Waals surface area (Å²) in [7, 11) is 0. The quantitative estimate of drug-likeness (QED) is 0.599. The maximum atomic E-state index is 12.4. The number of benzene rings is 2. The van der Waals surface area contributed by atoms with Gasteiger partial charge >= 0.3 is 0 Å². The Morgan fingerprint density at radius 1 is 0.929 bits per heavy atom. The van der Waals surface area contributed by atoms with Crippen LogP contribution in [0.15, 0.2) is 65.1 Å². The fourth-order valence-electron chi connectivity index (χ4n) is 2.59. The Labute approximate surface area is 171 Å².